The maximum atomic E-state index is 12.9. The summed E-state index contributed by atoms with van der Waals surface area (Å²) >= 11 is 2.32. The van der Waals surface area contributed by atoms with Crippen molar-refractivity contribution in [2.45, 2.75) is 17.8 Å². The largest absolute Gasteiger partial charge is 0.477 e. The summed E-state index contributed by atoms with van der Waals surface area (Å²) in [4.78, 5) is 56.9. The molecular weight excluding hydrogens is 498 g/mol. The van der Waals surface area contributed by atoms with E-state index in [4.69, 9.17) is 5.73 Å². The molecule has 2 saturated heterocycles. The van der Waals surface area contributed by atoms with Crippen LogP contribution in [-0.2, 0) is 19.2 Å². The number of rotatable bonds is 8. The molecule has 2 fully saturated rings. The SMILES string of the molecule is CNCCN1CCC(=CC2=C(C(=O)O)N3C(=O)[C@@H](NC(=O)C(=NO)c4csc(N)n4)[C@H]3SC2)C1=O. The summed E-state index contributed by atoms with van der Waals surface area (Å²) in [5.74, 6) is -2.67. The van der Waals surface area contributed by atoms with E-state index in [9.17, 15) is 29.5 Å². The monoisotopic (exact) mass is 521 g/mol. The highest BCUT2D eigenvalue weighted by Gasteiger charge is 2.54. The lowest BCUT2D eigenvalue weighted by molar-refractivity contribution is -0.150. The topological polar surface area (TPSA) is 191 Å². The third kappa shape index (κ3) is 4.61. The lowest BCUT2D eigenvalue weighted by Crippen LogP contribution is -2.71. The number of hydrogen-bond donors (Lipinski definition) is 5. The molecular formula is C20H23N7O6S2. The fourth-order valence-electron chi connectivity index (χ4n) is 4.04. The van der Waals surface area contributed by atoms with Crippen molar-refractivity contribution in [2.75, 3.05) is 38.2 Å². The number of oxime groups is 1. The molecule has 0 saturated carbocycles. The lowest BCUT2D eigenvalue weighted by Gasteiger charge is -2.49. The van der Waals surface area contributed by atoms with Crippen LogP contribution in [0.1, 0.15) is 12.1 Å². The van der Waals surface area contributed by atoms with Crippen molar-refractivity contribution >= 4 is 57.6 Å². The van der Waals surface area contributed by atoms with Crippen molar-refractivity contribution in [1.82, 2.24) is 25.4 Å². The molecule has 186 valence electrons. The quantitative estimate of drug-likeness (QED) is 0.0934. The third-order valence-electron chi connectivity index (χ3n) is 5.76. The number of nitrogens with zero attached hydrogens (tertiary/aromatic N) is 4. The number of carbonyl (C=O) groups is 4. The first-order chi connectivity index (χ1) is 16.8. The number of anilines is 1. The zero-order valence-corrected chi connectivity index (χ0v) is 20.2. The Balaban J connectivity index is 1.51. The maximum Gasteiger partial charge on any atom is 0.352 e. The van der Waals surface area contributed by atoms with Gasteiger partial charge in [-0.05, 0) is 25.1 Å². The fraction of sp³-hybridized carbons (Fsp3) is 0.400. The summed E-state index contributed by atoms with van der Waals surface area (Å²) in [6.07, 6.45) is 2.06. The number of carbonyl (C=O) groups excluding carboxylic acids is 3. The number of allylic oxidation sites excluding steroid dienone is 1. The minimum absolute atomic E-state index is 0.0532. The predicted molar refractivity (Wildman–Crippen MR) is 128 cm³/mol. The van der Waals surface area contributed by atoms with Crippen molar-refractivity contribution in [1.29, 1.82) is 0 Å². The molecule has 4 rings (SSSR count). The smallest absolute Gasteiger partial charge is 0.352 e. The van der Waals surface area contributed by atoms with Crippen LogP contribution in [0.2, 0.25) is 0 Å². The normalized spacial score (nSPS) is 23.6. The molecule has 0 aromatic carbocycles. The van der Waals surface area contributed by atoms with Gasteiger partial charge in [0.05, 0.1) is 0 Å². The molecule has 1 aromatic rings. The number of aromatic nitrogens is 1. The van der Waals surface area contributed by atoms with Gasteiger partial charge in [-0.2, -0.15) is 0 Å². The van der Waals surface area contributed by atoms with Crippen LogP contribution < -0.4 is 16.4 Å². The third-order valence-corrected chi connectivity index (χ3v) is 7.74. The summed E-state index contributed by atoms with van der Waals surface area (Å²) in [5.41, 5.74) is 5.86. The van der Waals surface area contributed by atoms with Gasteiger partial charge in [0.15, 0.2) is 10.8 Å². The Labute approximate surface area is 207 Å². The van der Waals surface area contributed by atoms with E-state index in [1.165, 1.54) is 17.1 Å². The van der Waals surface area contributed by atoms with E-state index in [1.807, 2.05) is 0 Å². The van der Waals surface area contributed by atoms with Crippen LogP contribution in [0.25, 0.3) is 0 Å². The maximum absolute atomic E-state index is 12.9. The van der Waals surface area contributed by atoms with Crippen molar-refractivity contribution in [3.63, 3.8) is 0 Å². The van der Waals surface area contributed by atoms with E-state index < -0.39 is 34.9 Å². The highest BCUT2D eigenvalue weighted by Crippen LogP contribution is 2.41. The minimum atomic E-state index is -1.30. The van der Waals surface area contributed by atoms with Crippen molar-refractivity contribution in [3.8, 4) is 0 Å². The van der Waals surface area contributed by atoms with Gasteiger partial charge in [0.25, 0.3) is 11.8 Å². The second-order valence-electron chi connectivity index (χ2n) is 7.87. The van der Waals surface area contributed by atoms with Crippen LogP contribution in [0.3, 0.4) is 0 Å². The van der Waals surface area contributed by atoms with E-state index in [2.05, 4.69) is 20.8 Å². The molecule has 2 atom stereocenters. The summed E-state index contributed by atoms with van der Waals surface area (Å²) in [7, 11) is 1.79. The van der Waals surface area contributed by atoms with Gasteiger partial charge in [0.1, 0.15) is 22.8 Å². The summed E-state index contributed by atoms with van der Waals surface area (Å²) in [5, 5.41) is 28.5. The molecule has 35 heavy (non-hydrogen) atoms. The van der Waals surface area contributed by atoms with E-state index in [1.54, 1.807) is 18.0 Å². The average molecular weight is 522 g/mol. The summed E-state index contributed by atoms with van der Waals surface area (Å²) in [6.45, 7) is 1.74. The number of nitrogens with two attached hydrogens (primary N) is 1. The Morgan fingerprint density at radius 2 is 2.17 bits per heavy atom. The lowest BCUT2D eigenvalue weighted by atomic mass is 10.0. The Kier molecular flexibility index (Phi) is 7.09. The number of nitrogen functional groups attached to an aromatic ring is 1. The predicted octanol–water partition coefficient (Wildman–Crippen LogP) is -0.980. The van der Waals surface area contributed by atoms with Gasteiger partial charge >= 0.3 is 5.97 Å². The Morgan fingerprint density at radius 3 is 2.80 bits per heavy atom. The molecule has 13 nitrogen and oxygen atoms in total. The number of β-lactam (4-membered cyclic amide) rings is 1. The van der Waals surface area contributed by atoms with Gasteiger partial charge in [-0.25, -0.2) is 9.78 Å². The standard InChI is InChI=1S/C20H23N7O6S2/c1-22-3-5-26-4-2-9(16(26)29)6-10-7-34-18-13(17(30)27(18)14(10)19(31)32)24-15(28)12(25-33)11-8-35-20(21)23-11/h6,8,13,18,22,33H,2-5,7H2,1H3,(H2,21,23)(H,24,28)(H,31,32)/t13-,18-/m1/s1. The van der Waals surface area contributed by atoms with Gasteiger partial charge in [-0.3, -0.25) is 19.3 Å². The zero-order valence-electron chi connectivity index (χ0n) is 18.6. The van der Waals surface area contributed by atoms with E-state index in [-0.39, 0.29) is 28.2 Å². The molecule has 15 heteroatoms. The minimum Gasteiger partial charge on any atom is -0.477 e. The Morgan fingerprint density at radius 1 is 1.40 bits per heavy atom. The van der Waals surface area contributed by atoms with Crippen molar-refractivity contribution < 1.29 is 29.5 Å². The fourth-order valence-corrected chi connectivity index (χ4v) is 5.90. The van der Waals surface area contributed by atoms with Gasteiger partial charge in [-0.1, -0.05) is 5.16 Å². The number of aliphatic carboxylic acids is 1. The molecule has 4 heterocycles. The molecule has 3 aliphatic heterocycles. The molecule has 6 N–H and O–H groups in total. The number of thioether (sulfide) groups is 1. The van der Waals surface area contributed by atoms with Crippen LogP contribution in [0.15, 0.2) is 33.5 Å². The van der Waals surface area contributed by atoms with Gasteiger partial charge < -0.3 is 31.6 Å². The Hall–Kier alpha value is -3.43. The summed E-state index contributed by atoms with van der Waals surface area (Å²) < 4.78 is 0. The second-order valence-corrected chi connectivity index (χ2v) is 9.87. The zero-order chi connectivity index (χ0) is 25.3. The number of likely N-dealkylation sites (N-methyl/N-ethyl adjacent to an activating group) is 1. The van der Waals surface area contributed by atoms with E-state index in [0.717, 1.165) is 16.2 Å². The number of amides is 3. The van der Waals surface area contributed by atoms with Crippen LogP contribution in [-0.4, -0.2) is 98.4 Å². The van der Waals surface area contributed by atoms with Crippen molar-refractivity contribution in [2.24, 2.45) is 5.16 Å². The van der Waals surface area contributed by atoms with Crippen LogP contribution in [0.4, 0.5) is 5.13 Å². The molecule has 0 spiro atoms. The number of thiazole rings is 1. The highest BCUT2D eigenvalue weighted by molar-refractivity contribution is 8.00. The van der Waals surface area contributed by atoms with Crippen molar-refractivity contribution in [3.05, 3.63) is 34.0 Å². The van der Waals surface area contributed by atoms with Crippen LogP contribution in [0.5, 0.6) is 0 Å². The first-order valence-corrected chi connectivity index (χ1v) is 12.5. The van der Waals surface area contributed by atoms with Gasteiger partial charge in [0.2, 0.25) is 5.91 Å². The van der Waals surface area contributed by atoms with Crippen LogP contribution in [0, 0.1) is 0 Å². The number of carboxylic acid groups (broad SMARTS) is 1. The van der Waals surface area contributed by atoms with E-state index in [0.29, 0.717) is 37.2 Å². The van der Waals surface area contributed by atoms with E-state index >= 15 is 0 Å². The molecule has 0 aliphatic carbocycles. The van der Waals surface area contributed by atoms with Gasteiger partial charge in [0, 0.05) is 36.3 Å². The molecule has 3 amide bonds. The second kappa shape index (κ2) is 10.1. The Bertz CT molecular complexity index is 1180. The number of nitrogens with one attached hydrogen (secondary N) is 2. The highest BCUT2D eigenvalue weighted by atomic mass is 32.2. The molecule has 3 aliphatic rings. The molecule has 1 aromatic heterocycles. The number of hydrogen-bond acceptors (Lipinski definition) is 11. The number of fused-ring (bicyclic) bond motifs is 1. The first-order valence-electron chi connectivity index (χ1n) is 10.6. The molecule has 0 radical (unpaired) electrons. The average Bonchev–Trinajstić information content (AvgIpc) is 3.41. The molecule has 0 unspecified atom stereocenters. The number of likely N-dealkylation sites (tertiary alicyclic amines) is 1. The van der Waals surface area contributed by atoms with Gasteiger partial charge in [-0.15, -0.1) is 23.1 Å². The first kappa shape index (κ1) is 24.7. The number of carboxylic acids is 1. The summed E-state index contributed by atoms with van der Waals surface area (Å²) in [6, 6.07) is -1.02. The van der Waals surface area contributed by atoms with Crippen LogP contribution >= 0.6 is 23.1 Å². The molecule has 0 bridgehead atoms.